The molecule has 0 bridgehead atoms. The zero-order valence-corrected chi connectivity index (χ0v) is 18.0. The molecule has 0 saturated carbocycles. The van der Waals surface area contributed by atoms with Crippen molar-refractivity contribution in [2.75, 3.05) is 0 Å². The highest BCUT2D eigenvalue weighted by Gasteiger charge is 2.17. The summed E-state index contributed by atoms with van der Waals surface area (Å²) in [6, 6.07) is 31.1. The van der Waals surface area contributed by atoms with E-state index in [2.05, 4.69) is 75.2 Å². The topological polar surface area (TPSA) is 39.9 Å². The summed E-state index contributed by atoms with van der Waals surface area (Å²) in [5, 5.41) is 2.33. The molecular formula is C27H19N3OS. The third-order valence-electron chi connectivity index (χ3n) is 5.45. The van der Waals surface area contributed by atoms with Crippen LogP contribution >= 0.6 is 11.3 Å². The first-order valence-corrected chi connectivity index (χ1v) is 11.3. The van der Waals surface area contributed by atoms with Gasteiger partial charge in [0.1, 0.15) is 12.4 Å². The van der Waals surface area contributed by atoms with E-state index in [1.54, 1.807) is 23.7 Å². The average molecular weight is 434 g/mol. The quantitative estimate of drug-likeness (QED) is 0.297. The molecule has 6 aromatic rings. The first-order valence-electron chi connectivity index (χ1n) is 10.4. The van der Waals surface area contributed by atoms with Gasteiger partial charge in [-0.1, -0.05) is 48.5 Å². The van der Waals surface area contributed by atoms with Crippen LogP contribution in [0.3, 0.4) is 0 Å². The predicted octanol–water partition coefficient (Wildman–Crippen LogP) is 6.88. The molecule has 0 amide bonds. The van der Waals surface area contributed by atoms with Crippen LogP contribution in [-0.2, 0) is 6.61 Å². The normalized spacial score (nSPS) is 11.2. The van der Waals surface area contributed by atoms with Gasteiger partial charge in [0.05, 0.1) is 16.1 Å². The standard InChI is InChI=1S/C27H19N3OS/c1-2-7-19(8-3-1)18-31-22-11-12-23-21(15-22)16-24(30(23)27-28-13-6-14-29-27)26-17-20-9-4-5-10-25(20)32-26/h1-17H,18H2. The lowest BCUT2D eigenvalue weighted by Gasteiger charge is -2.09. The highest BCUT2D eigenvalue weighted by atomic mass is 32.1. The van der Waals surface area contributed by atoms with Gasteiger partial charge in [-0.15, -0.1) is 11.3 Å². The fourth-order valence-electron chi connectivity index (χ4n) is 3.94. The van der Waals surface area contributed by atoms with E-state index in [1.165, 1.54) is 15.0 Å². The average Bonchev–Trinajstić information content (AvgIpc) is 3.45. The number of aromatic nitrogens is 3. The van der Waals surface area contributed by atoms with Gasteiger partial charge in [-0.3, -0.25) is 4.57 Å². The minimum atomic E-state index is 0.540. The zero-order chi connectivity index (χ0) is 21.3. The number of hydrogen-bond donors (Lipinski definition) is 0. The maximum atomic E-state index is 6.07. The molecule has 32 heavy (non-hydrogen) atoms. The van der Waals surface area contributed by atoms with Crippen molar-refractivity contribution in [3.8, 4) is 22.3 Å². The van der Waals surface area contributed by atoms with E-state index in [9.17, 15) is 0 Å². The van der Waals surface area contributed by atoms with Crippen LogP contribution in [-0.4, -0.2) is 14.5 Å². The van der Waals surface area contributed by atoms with Gasteiger partial charge in [0.2, 0.25) is 5.95 Å². The van der Waals surface area contributed by atoms with Crippen molar-refractivity contribution in [1.29, 1.82) is 0 Å². The summed E-state index contributed by atoms with van der Waals surface area (Å²) in [4.78, 5) is 10.3. The lowest BCUT2D eigenvalue weighted by Crippen LogP contribution is -2.01. The van der Waals surface area contributed by atoms with Crippen molar-refractivity contribution in [3.63, 3.8) is 0 Å². The Labute approximate surface area is 189 Å². The summed E-state index contributed by atoms with van der Waals surface area (Å²) in [6.07, 6.45) is 3.56. The number of fused-ring (bicyclic) bond motifs is 2. The fourth-order valence-corrected chi connectivity index (χ4v) is 5.00. The van der Waals surface area contributed by atoms with E-state index in [4.69, 9.17) is 4.74 Å². The van der Waals surface area contributed by atoms with Crippen LogP contribution in [0.5, 0.6) is 5.75 Å². The number of nitrogens with zero attached hydrogens (tertiary/aromatic N) is 3. The molecule has 5 heteroatoms. The lowest BCUT2D eigenvalue weighted by atomic mass is 10.2. The Hall–Kier alpha value is -3.96. The lowest BCUT2D eigenvalue weighted by molar-refractivity contribution is 0.306. The summed E-state index contributed by atoms with van der Waals surface area (Å²) in [5.74, 6) is 1.50. The molecule has 6 rings (SSSR count). The van der Waals surface area contributed by atoms with E-state index in [0.717, 1.165) is 27.9 Å². The molecule has 0 radical (unpaired) electrons. The fraction of sp³-hybridized carbons (Fsp3) is 0.0370. The Kier molecular flexibility index (Phi) is 4.66. The summed E-state index contributed by atoms with van der Waals surface area (Å²) in [7, 11) is 0. The molecular weight excluding hydrogens is 414 g/mol. The third-order valence-corrected chi connectivity index (χ3v) is 6.59. The van der Waals surface area contributed by atoms with Crippen LogP contribution in [0.15, 0.2) is 103 Å². The van der Waals surface area contributed by atoms with Crippen molar-refractivity contribution in [2.45, 2.75) is 6.61 Å². The van der Waals surface area contributed by atoms with Gasteiger partial charge in [-0.25, -0.2) is 9.97 Å². The van der Waals surface area contributed by atoms with Crippen molar-refractivity contribution in [1.82, 2.24) is 14.5 Å². The van der Waals surface area contributed by atoms with Crippen LogP contribution in [0, 0.1) is 0 Å². The third kappa shape index (κ3) is 3.43. The zero-order valence-electron chi connectivity index (χ0n) is 17.2. The molecule has 3 heterocycles. The number of rotatable bonds is 5. The monoisotopic (exact) mass is 433 g/mol. The second-order valence-electron chi connectivity index (χ2n) is 7.56. The van der Waals surface area contributed by atoms with Gasteiger partial charge in [-0.2, -0.15) is 0 Å². The van der Waals surface area contributed by atoms with Gasteiger partial charge < -0.3 is 4.74 Å². The summed E-state index contributed by atoms with van der Waals surface area (Å²) < 4.78 is 9.46. The smallest absolute Gasteiger partial charge is 0.234 e. The first-order chi connectivity index (χ1) is 15.8. The minimum Gasteiger partial charge on any atom is -0.489 e. The van der Waals surface area contributed by atoms with Crippen LogP contribution in [0.2, 0.25) is 0 Å². The van der Waals surface area contributed by atoms with Crippen LogP contribution in [0.4, 0.5) is 0 Å². The molecule has 0 spiro atoms. The maximum Gasteiger partial charge on any atom is 0.234 e. The number of benzene rings is 3. The predicted molar refractivity (Wildman–Crippen MR) is 130 cm³/mol. The van der Waals surface area contributed by atoms with E-state index in [-0.39, 0.29) is 0 Å². The van der Waals surface area contributed by atoms with E-state index < -0.39 is 0 Å². The number of hydrogen-bond acceptors (Lipinski definition) is 4. The Morgan fingerprint density at radius 2 is 1.56 bits per heavy atom. The Balaban J connectivity index is 1.46. The van der Waals surface area contributed by atoms with Gasteiger partial charge in [0, 0.05) is 22.5 Å². The second kappa shape index (κ2) is 7.94. The molecule has 154 valence electrons. The minimum absolute atomic E-state index is 0.540. The Bertz CT molecular complexity index is 1490. The van der Waals surface area contributed by atoms with Crippen molar-refractivity contribution >= 4 is 32.3 Å². The molecule has 3 aromatic carbocycles. The number of thiophene rings is 1. The van der Waals surface area contributed by atoms with Crippen LogP contribution in [0.25, 0.3) is 37.5 Å². The second-order valence-corrected chi connectivity index (χ2v) is 8.64. The Morgan fingerprint density at radius 1 is 0.750 bits per heavy atom. The molecule has 0 aliphatic rings. The molecule has 0 saturated heterocycles. The van der Waals surface area contributed by atoms with E-state index in [0.29, 0.717) is 12.6 Å². The summed E-state index contributed by atoms with van der Waals surface area (Å²) in [6.45, 7) is 0.540. The SMILES string of the molecule is c1ccc(COc2ccc3c(c2)cc(-c2cc4ccccc4s2)n3-c2ncccn2)cc1. The van der Waals surface area contributed by atoms with Crippen molar-refractivity contribution < 1.29 is 4.74 Å². The van der Waals surface area contributed by atoms with Crippen LogP contribution < -0.4 is 4.74 Å². The highest BCUT2D eigenvalue weighted by molar-refractivity contribution is 7.22. The molecule has 0 aliphatic carbocycles. The first kappa shape index (κ1) is 18.8. The van der Waals surface area contributed by atoms with Gasteiger partial charge in [0.15, 0.2) is 0 Å². The molecule has 0 unspecified atom stereocenters. The van der Waals surface area contributed by atoms with E-state index in [1.807, 2.05) is 30.3 Å². The van der Waals surface area contributed by atoms with Crippen molar-refractivity contribution in [2.24, 2.45) is 0 Å². The molecule has 0 atom stereocenters. The summed E-state index contributed by atoms with van der Waals surface area (Å²) >= 11 is 1.78. The number of ether oxygens (including phenoxy) is 1. The molecule has 3 aromatic heterocycles. The van der Waals surface area contributed by atoms with Gasteiger partial charge >= 0.3 is 0 Å². The van der Waals surface area contributed by atoms with Crippen molar-refractivity contribution in [3.05, 3.63) is 109 Å². The highest BCUT2D eigenvalue weighted by Crippen LogP contribution is 2.38. The largest absolute Gasteiger partial charge is 0.489 e. The molecule has 4 nitrogen and oxygen atoms in total. The van der Waals surface area contributed by atoms with Gasteiger partial charge in [0.25, 0.3) is 0 Å². The molecule has 0 fully saturated rings. The maximum absolute atomic E-state index is 6.07. The van der Waals surface area contributed by atoms with Crippen LogP contribution in [0.1, 0.15) is 5.56 Å². The molecule has 0 aliphatic heterocycles. The van der Waals surface area contributed by atoms with E-state index >= 15 is 0 Å². The summed E-state index contributed by atoms with van der Waals surface area (Å²) in [5.41, 5.74) is 3.28. The van der Waals surface area contributed by atoms with Gasteiger partial charge in [-0.05, 0) is 53.4 Å². The Morgan fingerprint density at radius 3 is 2.41 bits per heavy atom. The molecule has 0 N–H and O–H groups in total.